The van der Waals surface area contributed by atoms with Crippen LogP contribution in [0.2, 0.25) is 0 Å². The molecule has 0 bridgehead atoms. The number of nitrogen functional groups attached to an aromatic ring is 1. The summed E-state index contributed by atoms with van der Waals surface area (Å²) in [5.41, 5.74) is 6.35. The lowest BCUT2D eigenvalue weighted by atomic mass is 9.80. The van der Waals surface area contributed by atoms with Gasteiger partial charge in [-0.1, -0.05) is 96.2 Å². The van der Waals surface area contributed by atoms with E-state index in [1.165, 1.54) is 0 Å². The molecule has 0 aliphatic rings. The number of hydrogen-bond acceptors (Lipinski definition) is 7. The number of carbonyl (C=O) groups is 1. The average molecular weight is 503 g/mol. The molecule has 0 atom stereocenters. The zero-order chi connectivity index (χ0) is 21.7. The third-order valence-corrected chi connectivity index (χ3v) is 5.21. The second kappa shape index (κ2) is 11.4. The molecule has 4 aromatic rings. The molecule has 1 aromatic heterocycles. The molecular formula is C23H20Cl2N4O3S. The zero-order valence-corrected chi connectivity index (χ0v) is 19.5. The lowest BCUT2D eigenvalue weighted by molar-refractivity contribution is -0.129. The molecule has 170 valence electrons. The van der Waals surface area contributed by atoms with E-state index in [1.54, 1.807) is 0 Å². The summed E-state index contributed by atoms with van der Waals surface area (Å²) in [6.45, 7) is 0. The molecule has 3 aromatic carbocycles. The van der Waals surface area contributed by atoms with Crippen LogP contribution in [0, 0.1) is 0 Å². The van der Waals surface area contributed by atoms with Crippen LogP contribution >= 0.6 is 36.3 Å². The highest BCUT2D eigenvalue weighted by Gasteiger charge is 2.40. The summed E-state index contributed by atoms with van der Waals surface area (Å²) in [5, 5.41) is 13.9. The highest BCUT2D eigenvalue weighted by Crippen LogP contribution is 2.40. The molecule has 0 spiro atoms. The number of aliphatic carboxylic acids is 1. The maximum atomic E-state index is 11.9. The monoisotopic (exact) mass is 502 g/mol. The van der Waals surface area contributed by atoms with Crippen LogP contribution in [0.25, 0.3) is 0 Å². The van der Waals surface area contributed by atoms with Crippen molar-refractivity contribution in [1.82, 2.24) is 9.36 Å². The number of nitrogens with zero attached hydrogens (tertiary/aromatic N) is 3. The smallest absolute Gasteiger partial charge is 0.362 e. The molecule has 0 aliphatic carbocycles. The minimum absolute atomic E-state index is 0. The van der Waals surface area contributed by atoms with Gasteiger partial charge in [0.1, 0.15) is 0 Å². The quantitative estimate of drug-likeness (QED) is 0.214. The molecule has 0 saturated heterocycles. The number of oxime groups is 1. The van der Waals surface area contributed by atoms with Crippen LogP contribution < -0.4 is 5.73 Å². The highest BCUT2D eigenvalue weighted by atomic mass is 35.5. The summed E-state index contributed by atoms with van der Waals surface area (Å²) in [6, 6.07) is 28.5. The molecule has 0 aliphatic heterocycles. The second-order valence-electron chi connectivity index (χ2n) is 6.57. The average Bonchev–Trinajstić information content (AvgIpc) is 3.24. The standard InChI is InChI=1S/C23H18N4O3S.2ClH/c24-22-25-20(27-31-22)19(21(28)29)26-30-23(16-10-4-1-5-11-16,17-12-6-2-7-13-17)18-14-8-3-9-15-18;;/h1-15H,(H,28,29)(H2,24,25,27);2*1H. The van der Waals surface area contributed by atoms with Crippen molar-refractivity contribution in [3.05, 3.63) is 114 Å². The van der Waals surface area contributed by atoms with E-state index in [1.807, 2.05) is 91.0 Å². The van der Waals surface area contributed by atoms with Crippen LogP contribution in [0.5, 0.6) is 0 Å². The van der Waals surface area contributed by atoms with Crippen molar-refractivity contribution in [2.24, 2.45) is 5.16 Å². The van der Waals surface area contributed by atoms with Crippen LogP contribution in [0.1, 0.15) is 22.5 Å². The van der Waals surface area contributed by atoms with Gasteiger partial charge in [-0.25, -0.2) is 4.79 Å². The van der Waals surface area contributed by atoms with Crippen LogP contribution in [-0.4, -0.2) is 26.1 Å². The lowest BCUT2D eigenvalue weighted by Crippen LogP contribution is -2.32. The fourth-order valence-electron chi connectivity index (χ4n) is 3.30. The Bertz CT molecular complexity index is 1110. The summed E-state index contributed by atoms with van der Waals surface area (Å²) in [7, 11) is 0. The molecule has 0 unspecified atom stereocenters. The van der Waals surface area contributed by atoms with Crippen molar-refractivity contribution in [3.8, 4) is 0 Å². The van der Waals surface area contributed by atoms with E-state index in [-0.39, 0.29) is 35.8 Å². The molecule has 4 rings (SSSR count). The van der Waals surface area contributed by atoms with Crippen LogP contribution in [0.15, 0.2) is 96.2 Å². The van der Waals surface area contributed by atoms with Crippen LogP contribution in [0.4, 0.5) is 5.13 Å². The topological polar surface area (TPSA) is 111 Å². The third-order valence-electron chi connectivity index (χ3n) is 4.67. The van der Waals surface area contributed by atoms with Gasteiger partial charge < -0.3 is 15.7 Å². The first-order chi connectivity index (χ1) is 15.1. The van der Waals surface area contributed by atoms with E-state index < -0.39 is 17.3 Å². The Morgan fingerprint density at radius 3 is 1.61 bits per heavy atom. The summed E-state index contributed by atoms with van der Waals surface area (Å²) in [6.07, 6.45) is 0. The van der Waals surface area contributed by atoms with E-state index >= 15 is 0 Å². The van der Waals surface area contributed by atoms with E-state index in [4.69, 9.17) is 10.6 Å². The van der Waals surface area contributed by atoms with Crippen molar-refractivity contribution in [1.29, 1.82) is 0 Å². The Hall–Kier alpha value is -3.46. The van der Waals surface area contributed by atoms with Crippen molar-refractivity contribution in [2.75, 3.05) is 5.73 Å². The normalized spacial score (nSPS) is 11.1. The van der Waals surface area contributed by atoms with Crippen LogP contribution in [0.3, 0.4) is 0 Å². The number of hydrogen-bond donors (Lipinski definition) is 2. The first kappa shape index (κ1) is 25.8. The SMILES string of the molecule is Cl.Cl.Nc1nc(C(=NOC(c2ccccc2)(c2ccccc2)c2ccccc2)C(=O)O)ns1. The van der Waals surface area contributed by atoms with E-state index in [0.29, 0.717) is 0 Å². The molecule has 33 heavy (non-hydrogen) atoms. The second-order valence-corrected chi connectivity index (χ2v) is 7.36. The Morgan fingerprint density at radius 1 is 0.848 bits per heavy atom. The Morgan fingerprint density at radius 2 is 1.27 bits per heavy atom. The van der Waals surface area contributed by atoms with Gasteiger partial charge in [0.05, 0.1) is 0 Å². The molecule has 0 radical (unpaired) electrons. The number of halogens is 2. The molecule has 0 fully saturated rings. The summed E-state index contributed by atoms with van der Waals surface area (Å²) in [5.74, 6) is -1.42. The van der Waals surface area contributed by atoms with Crippen molar-refractivity contribution in [2.45, 2.75) is 5.60 Å². The number of nitrogens with two attached hydrogens (primary N) is 1. The first-order valence-corrected chi connectivity index (χ1v) is 10.1. The van der Waals surface area contributed by atoms with E-state index in [0.717, 1.165) is 28.2 Å². The van der Waals surface area contributed by atoms with Gasteiger partial charge in [0.25, 0.3) is 0 Å². The van der Waals surface area contributed by atoms with E-state index in [9.17, 15) is 9.90 Å². The zero-order valence-electron chi connectivity index (χ0n) is 17.1. The summed E-state index contributed by atoms with van der Waals surface area (Å²) < 4.78 is 3.97. The fraction of sp³-hybridized carbons (Fsp3) is 0.0435. The van der Waals surface area contributed by atoms with Gasteiger partial charge in [-0.05, 0) is 0 Å². The van der Waals surface area contributed by atoms with Gasteiger partial charge in [0.2, 0.25) is 17.1 Å². The highest BCUT2D eigenvalue weighted by molar-refractivity contribution is 7.09. The minimum atomic E-state index is -1.32. The molecule has 3 N–H and O–H groups in total. The molecule has 0 saturated carbocycles. The van der Waals surface area contributed by atoms with Crippen molar-refractivity contribution < 1.29 is 14.7 Å². The number of anilines is 1. The predicted molar refractivity (Wildman–Crippen MR) is 133 cm³/mol. The third kappa shape index (κ3) is 5.31. The van der Waals surface area contributed by atoms with Gasteiger partial charge in [-0.2, -0.15) is 9.36 Å². The molecule has 1 heterocycles. The summed E-state index contributed by atoms with van der Waals surface area (Å²) >= 11 is 0.890. The Kier molecular flexibility index (Phi) is 8.93. The maximum absolute atomic E-state index is 11.9. The van der Waals surface area contributed by atoms with Gasteiger partial charge in [0, 0.05) is 28.2 Å². The van der Waals surface area contributed by atoms with Gasteiger partial charge in [-0.15, -0.1) is 24.8 Å². The molecule has 0 amide bonds. The minimum Gasteiger partial charge on any atom is -0.476 e. The molecule has 10 heteroatoms. The number of carboxylic acid groups (broad SMARTS) is 1. The first-order valence-electron chi connectivity index (χ1n) is 9.37. The van der Waals surface area contributed by atoms with Crippen molar-refractivity contribution in [3.63, 3.8) is 0 Å². The Balaban J connectivity index is 0.00000193. The number of benzene rings is 3. The maximum Gasteiger partial charge on any atom is 0.362 e. The predicted octanol–water partition coefficient (Wildman–Crippen LogP) is 4.76. The van der Waals surface area contributed by atoms with E-state index in [2.05, 4.69) is 14.5 Å². The number of carboxylic acids is 1. The Labute approximate surface area is 206 Å². The van der Waals surface area contributed by atoms with Crippen LogP contribution in [-0.2, 0) is 15.2 Å². The van der Waals surface area contributed by atoms with Gasteiger partial charge in [-0.3, -0.25) is 0 Å². The largest absolute Gasteiger partial charge is 0.476 e. The van der Waals surface area contributed by atoms with Gasteiger partial charge in [0.15, 0.2) is 5.13 Å². The number of rotatable bonds is 7. The molecular weight excluding hydrogens is 483 g/mol. The lowest BCUT2D eigenvalue weighted by Gasteiger charge is -2.33. The number of aromatic nitrogens is 2. The summed E-state index contributed by atoms with van der Waals surface area (Å²) in [4.78, 5) is 22.0. The molecule has 7 nitrogen and oxygen atoms in total. The fourth-order valence-corrected chi connectivity index (χ4v) is 3.73. The van der Waals surface area contributed by atoms with Gasteiger partial charge >= 0.3 is 5.97 Å². The van der Waals surface area contributed by atoms with Crippen molar-refractivity contribution >= 4 is 53.2 Å².